The first kappa shape index (κ1) is 17.6. The lowest BCUT2D eigenvalue weighted by molar-refractivity contribution is -0.119. The molecule has 3 aromatic rings. The van der Waals surface area contributed by atoms with Gasteiger partial charge in [-0.3, -0.25) is 4.79 Å². The van der Waals surface area contributed by atoms with Crippen molar-refractivity contribution < 1.29 is 4.79 Å². The summed E-state index contributed by atoms with van der Waals surface area (Å²) in [6.07, 6.45) is 1.97. The summed E-state index contributed by atoms with van der Waals surface area (Å²) in [5.74, 6) is -0.154. The molecule has 134 valence electrons. The third-order valence-electron chi connectivity index (χ3n) is 4.20. The van der Waals surface area contributed by atoms with E-state index in [1.165, 1.54) is 11.0 Å². The number of nitrogens with zero attached hydrogens (tertiary/aromatic N) is 5. The summed E-state index contributed by atoms with van der Waals surface area (Å²) in [6.45, 7) is 2.02. The second-order valence-corrected chi connectivity index (χ2v) is 6.38. The number of rotatable bonds is 6. The molecule has 26 heavy (non-hydrogen) atoms. The van der Waals surface area contributed by atoms with E-state index < -0.39 is 6.04 Å². The predicted octanol–water partition coefficient (Wildman–Crippen LogP) is 2.47. The van der Waals surface area contributed by atoms with Crippen molar-refractivity contribution >= 4 is 17.3 Å². The number of hydrogen-bond donors (Lipinski definition) is 1. The second kappa shape index (κ2) is 7.77. The molecule has 0 spiro atoms. The van der Waals surface area contributed by atoms with Crippen molar-refractivity contribution in [3.05, 3.63) is 66.0 Å². The molecule has 7 nitrogen and oxygen atoms in total. The molecular formula is C19H22N6O. The normalized spacial score (nSPS) is 11.8. The van der Waals surface area contributed by atoms with Crippen LogP contribution in [-0.4, -0.2) is 40.2 Å². The maximum atomic E-state index is 12.9. The monoisotopic (exact) mass is 350 g/mol. The van der Waals surface area contributed by atoms with Gasteiger partial charge in [0, 0.05) is 31.9 Å². The van der Waals surface area contributed by atoms with E-state index in [1.54, 1.807) is 0 Å². The van der Waals surface area contributed by atoms with Crippen molar-refractivity contribution in [1.82, 2.24) is 20.2 Å². The Kier molecular flexibility index (Phi) is 5.26. The summed E-state index contributed by atoms with van der Waals surface area (Å²) < 4.78 is 1.49. The van der Waals surface area contributed by atoms with Crippen LogP contribution >= 0.6 is 0 Å². The molecule has 0 aliphatic carbocycles. The minimum atomic E-state index is -0.527. The van der Waals surface area contributed by atoms with Gasteiger partial charge < -0.3 is 10.2 Å². The van der Waals surface area contributed by atoms with Gasteiger partial charge in [-0.1, -0.05) is 30.3 Å². The van der Waals surface area contributed by atoms with Gasteiger partial charge in [0.05, 0.1) is 0 Å². The summed E-state index contributed by atoms with van der Waals surface area (Å²) in [5, 5.41) is 14.2. The second-order valence-electron chi connectivity index (χ2n) is 6.38. The molecule has 1 aromatic heterocycles. The fraction of sp³-hybridized carbons (Fsp3) is 0.263. The number of carbonyl (C=O) groups excluding carboxylic acids is 1. The maximum absolute atomic E-state index is 12.9. The van der Waals surface area contributed by atoms with Gasteiger partial charge in [-0.25, -0.2) is 4.68 Å². The minimum Gasteiger partial charge on any atom is -0.377 e. The lowest BCUT2D eigenvalue weighted by atomic mass is 10.1. The van der Waals surface area contributed by atoms with Crippen LogP contribution in [0.25, 0.3) is 0 Å². The van der Waals surface area contributed by atoms with Crippen LogP contribution in [0.1, 0.15) is 17.2 Å². The Labute approximate surface area is 152 Å². The number of hydrogen-bond acceptors (Lipinski definition) is 5. The van der Waals surface area contributed by atoms with E-state index in [2.05, 4.69) is 20.8 Å². The summed E-state index contributed by atoms with van der Waals surface area (Å²) in [4.78, 5) is 14.9. The van der Waals surface area contributed by atoms with E-state index in [-0.39, 0.29) is 5.91 Å². The first-order valence-electron chi connectivity index (χ1n) is 8.40. The molecule has 1 unspecified atom stereocenters. The topological polar surface area (TPSA) is 75.9 Å². The van der Waals surface area contributed by atoms with Crippen LogP contribution in [0.15, 0.2) is 54.9 Å². The smallest absolute Gasteiger partial charge is 0.249 e. The van der Waals surface area contributed by atoms with Crippen molar-refractivity contribution in [2.24, 2.45) is 0 Å². The molecular weight excluding hydrogens is 328 g/mol. The summed E-state index contributed by atoms with van der Waals surface area (Å²) in [7, 11) is 3.99. The number of anilines is 2. The highest BCUT2D eigenvalue weighted by Crippen LogP contribution is 2.23. The summed E-state index contributed by atoms with van der Waals surface area (Å²) in [5.41, 5.74) is 4.01. The van der Waals surface area contributed by atoms with Crippen LogP contribution in [0, 0.1) is 6.92 Å². The average Bonchev–Trinajstić information content (AvgIpc) is 3.14. The van der Waals surface area contributed by atoms with Crippen molar-refractivity contribution in [1.29, 1.82) is 0 Å². The van der Waals surface area contributed by atoms with Crippen LogP contribution in [0.5, 0.6) is 0 Å². The largest absolute Gasteiger partial charge is 0.377 e. The zero-order valence-corrected chi connectivity index (χ0v) is 15.1. The van der Waals surface area contributed by atoms with E-state index in [9.17, 15) is 4.79 Å². The van der Waals surface area contributed by atoms with Crippen LogP contribution in [0.2, 0.25) is 0 Å². The fourth-order valence-electron chi connectivity index (χ4n) is 2.92. The molecule has 1 N–H and O–H groups in total. The third-order valence-corrected chi connectivity index (χ3v) is 4.20. The van der Waals surface area contributed by atoms with Crippen LogP contribution in [0.3, 0.4) is 0 Å². The molecule has 2 aromatic carbocycles. The number of tetrazole rings is 1. The molecule has 1 atom stereocenters. The molecule has 1 amide bonds. The lowest BCUT2D eigenvalue weighted by Crippen LogP contribution is -2.28. The van der Waals surface area contributed by atoms with Crippen molar-refractivity contribution in [3.8, 4) is 0 Å². The van der Waals surface area contributed by atoms with E-state index in [1.807, 2.05) is 74.4 Å². The molecule has 0 bridgehead atoms. The first-order valence-corrected chi connectivity index (χ1v) is 8.40. The van der Waals surface area contributed by atoms with Crippen molar-refractivity contribution in [2.45, 2.75) is 19.4 Å². The summed E-state index contributed by atoms with van der Waals surface area (Å²) >= 11 is 0. The van der Waals surface area contributed by atoms with Crippen molar-refractivity contribution in [2.75, 3.05) is 24.3 Å². The third kappa shape index (κ3) is 4.05. The number of aryl methyl sites for hydroxylation is 1. The number of benzene rings is 2. The average molecular weight is 350 g/mol. The van der Waals surface area contributed by atoms with Gasteiger partial charge >= 0.3 is 0 Å². The van der Waals surface area contributed by atoms with Gasteiger partial charge in [-0.05, 0) is 46.7 Å². The number of aromatic nitrogens is 4. The highest BCUT2D eigenvalue weighted by Gasteiger charge is 2.22. The Balaban J connectivity index is 1.81. The highest BCUT2D eigenvalue weighted by molar-refractivity contribution is 5.94. The molecule has 1 heterocycles. The predicted molar refractivity (Wildman–Crippen MR) is 101 cm³/mol. The zero-order valence-electron chi connectivity index (χ0n) is 15.1. The van der Waals surface area contributed by atoms with E-state index in [0.717, 1.165) is 22.5 Å². The van der Waals surface area contributed by atoms with Crippen LogP contribution in [-0.2, 0) is 11.2 Å². The van der Waals surface area contributed by atoms with Crippen molar-refractivity contribution in [3.63, 3.8) is 0 Å². The quantitative estimate of drug-likeness (QED) is 0.739. The fourth-order valence-corrected chi connectivity index (χ4v) is 2.92. The van der Waals surface area contributed by atoms with E-state index >= 15 is 0 Å². The Morgan fingerprint density at radius 2 is 1.96 bits per heavy atom. The first-order chi connectivity index (χ1) is 12.5. The molecule has 0 fully saturated rings. The van der Waals surface area contributed by atoms with Gasteiger partial charge in [0.1, 0.15) is 12.4 Å². The van der Waals surface area contributed by atoms with Gasteiger partial charge in [-0.15, -0.1) is 5.10 Å². The number of nitrogens with one attached hydrogen (secondary N) is 1. The standard InChI is InChI=1S/C19H22N6O/c1-14-11-16(9-10-17(14)24(2)3)21-19(26)18(25-13-20-22-23-25)12-15-7-5-4-6-8-15/h4-11,13,18H,12H2,1-3H3,(H,21,26). The SMILES string of the molecule is Cc1cc(NC(=O)C(Cc2ccccc2)n2cnnn2)ccc1N(C)C. The molecule has 0 aliphatic rings. The Bertz CT molecular complexity index is 861. The molecule has 3 rings (SSSR count). The summed E-state index contributed by atoms with van der Waals surface area (Å²) in [6, 6.07) is 15.2. The molecule has 0 saturated heterocycles. The molecule has 0 radical (unpaired) electrons. The van der Waals surface area contributed by atoms with Crippen LogP contribution < -0.4 is 10.2 Å². The van der Waals surface area contributed by atoms with Crippen LogP contribution in [0.4, 0.5) is 11.4 Å². The van der Waals surface area contributed by atoms with E-state index in [0.29, 0.717) is 6.42 Å². The van der Waals surface area contributed by atoms with Gasteiger partial charge in [0.2, 0.25) is 5.91 Å². The zero-order chi connectivity index (χ0) is 18.5. The number of amides is 1. The minimum absolute atomic E-state index is 0.154. The Morgan fingerprint density at radius 3 is 2.58 bits per heavy atom. The Hall–Kier alpha value is -3.22. The molecule has 0 aliphatic heterocycles. The van der Waals surface area contributed by atoms with Gasteiger partial charge in [0.15, 0.2) is 0 Å². The van der Waals surface area contributed by atoms with Gasteiger partial charge in [0.25, 0.3) is 0 Å². The number of carbonyl (C=O) groups is 1. The Morgan fingerprint density at radius 1 is 1.19 bits per heavy atom. The lowest BCUT2D eigenvalue weighted by Gasteiger charge is -2.19. The highest BCUT2D eigenvalue weighted by atomic mass is 16.2. The maximum Gasteiger partial charge on any atom is 0.249 e. The van der Waals surface area contributed by atoms with Gasteiger partial charge in [-0.2, -0.15) is 0 Å². The van der Waals surface area contributed by atoms with E-state index in [4.69, 9.17) is 0 Å². The molecule has 0 saturated carbocycles. The molecule has 7 heteroatoms.